The maximum atomic E-state index is 12.6. The Bertz CT molecular complexity index is 1270. The van der Waals surface area contributed by atoms with Gasteiger partial charge in [0.2, 0.25) is 5.91 Å². The number of pyridine rings is 1. The minimum atomic E-state index is -0.195. The van der Waals surface area contributed by atoms with Gasteiger partial charge in [-0.25, -0.2) is 9.97 Å². The Morgan fingerprint density at radius 2 is 2.00 bits per heavy atom. The quantitative estimate of drug-likeness (QED) is 0.590. The van der Waals surface area contributed by atoms with Gasteiger partial charge >= 0.3 is 0 Å². The molecule has 0 aliphatic carbocycles. The molecule has 0 aliphatic heterocycles. The van der Waals surface area contributed by atoms with Crippen molar-refractivity contribution in [3.8, 4) is 0 Å². The first-order valence-electron chi connectivity index (χ1n) is 8.98. The van der Waals surface area contributed by atoms with Gasteiger partial charge in [-0.2, -0.15) is 5.10 Å². The molecule has 1 aromatic carbocycles. The number of anilines is 1. The highest BCUT2D eigenvalue weighted by molar-refractivity contribution is 5.93. The van der Waals surface area contributed by atoms with Crippen LogP contribution < -0.4 is 10.9 Å². The van der Waals surface area contributed by atoms with Crippen molar-refractivity contribution in [3.05, 3.63) is 58.4 Å². The molecule has 0 atom stereocenters. The van der Waals surface area contributed by atoms with Crippen LogP contribution in [0.4, 0.5) is 5.69 Å². The van der Waals surface area contributed by atoms with E-state index >= 15 is 0 Å². The summed E-state index contributed by atoms with van der Waals surface area (Å²) >= 11 is 0. The number of carbonyl (C=O) groups excluding carboxylic acids is 1. The van der Waals surface area contributed by atoms with Gasteiger partial charge in [0, 0.05) is 25.4 Å². The highest BCUT2D eigenvalue weighted by Crippen LogP contribution is 2.19. The lowest BCUT2D eigenvalue weighted by Crippen LogP contribution is -2.23. The molecule has 0 aliphatic rings. The number of amides is 1. The molecule has 8 nitrogen and oxygen atoms in total. The number of aryl methyl sites for hydroxylation is 4. The van der Waals surface area contributed by atoms with Crippen molar-refractivity contribution in [2.24, 2.45) is 7.05 Å². The molecule has 4 rings (SSSR count). The molecule has 3 aromatic heterocycles. The van der Waals surface area contributed by atoms with Crippen LogP contribution in [0.2, 0.25) is 0 Å². The maximum absolute atomic E-state index is 12.6. The molecule has 0 radical (unpaired) electrons. The fourth-order valence-corrected chi connectivity index (χ4v) is 3.32. The molecule has 1 N–H and O–H groups in total. The third-order valence-electron chi connectivity index (χ3n) is 4.78. The van der Waals surface area contributed by atoms with Crippen LogP contribution in [-0.4, -0.2) is 30.2 Å². The number of fused-ring (bicyclic) bond motifs is 2. The van der Waals surface area contributed by atoms with Crippen LogP contribution in [0.3, 0.4) is 0 Å². The molecule has 0 unspecified atom stereocenters. The summed E-state index contributed by atoms with van der Waals surface area (Å²) in [5.74, 6) is -0.195. The van der Waals surface area contributed by atoms with Gasteiger partial charge in [-0.3, -0.25) is 18.8 Å². The average Bonchev–Trinajstić information content (AvgIpc) is 2.95. The van der Waals surface area contributed by atoms with Gasteiger partial charge in [0.15, 0.2) is 5.65 Å². The van der Waals surface area contributed by atoms with Gasteiger partial charge in [-0.1, -0.05) is 12.1 Å². The summed E-state index contributed by atoms with van der Waals surface area (Å²) in [5, 5.41) is 8.61. The Labute approximate surface area is 160 Å². The van der Waals surface area contributed by atoms with Crippen LogP contribution in [-0.2, 0) is 18.4 Å². The van der Waals surface area contributed by atoms with E-state index in [1.165, 1.54) is 10.9 Å². The van der Waals surface area contributed by atoms with E-state index in [1.807, 2.05) is 39.1 Å². The molecule has 0 saturated heterocycles. The lowest BCUT2D eigenvalue weighted by atomic mass is 10.1. The molecule has 28 heavy (non-hydrogen) atoms. The van der Waals surface area contributed by atoms with E-state index in [9.17, 15) is 9.59 Å². The molecule has 0 bridgehead atoms. The summed E-state index contributed by atoms with van der Waals surface area (Å²) < 4.78 is 3.17. The van der Waals surface area contributed by atoms with Crippen molar-refractivity contribution < 1.29 is 4.79 Å². The van der Waals surface area contributed by atoms with Crippen LogP contribution in [0.25, 0.3) is 21.9 Å². The SMILES string of the molecule is Cc1nn(C)c2ncc(NC(=O)CCn3cnc4c(C)cccc4c3=O)cc12. The number of aromatic nitrogens is 5. The molecule has 0 saturated carbocycles. The highest BCUT2D eigenvalue weighted by atomic mass is 16.2. The molecule has 0 fully saturated rings. The zero-order chi connectivity index (χ0) is 19.8. The van der Waals surface area contributed by atoms with E-state index in [-0.39, 0.29) is 24.4 Å². The van der Waals surface area contributed by atoms with Crippen molar-refractivity contribution in [3.63, 3.8) is 0 Å². The number of hydrogen-bond acceptors (Lipinski definition) is 5. The summed E-state index contributed by atoms with van der Waals surface area (Å²) in [4.78, 5) is 33.7. The summed E-state index contributed by atoms with van der Waals surface area (Å²) in [6.45, 7) is 4.07. The largest absolute Gasteiger partial charge is 0.325 e. The van der Waals surface area contributed by atoms with E-state index < -0.39 is 0 Å². The van der Waals surface area contributed by atoms with Crippen LogP contribution >= 0.6 is 0 Å². The van der Waals surface area contributed by atoms with Gasteiger partial charge in [0.05, 0.1) is 34.8 Å². The van der Waals surface area contributed by atoms with Crippen molar-refractivity contribution >= 4 is 33.5 Å². The van der Waals surface area contributed by atoms with Gasteiger partial charge in [-0.15, -0.1) is 0 Å². The van der Waals surface area contributed by atoms with Crippen LogP contribution in [0.5, 0.6) is 0 Å². The van der Waals surface area contributed by atoms with Crippen LogP contribution in [0.1, 0.15) is 17.7 Å². The van der Waals surface area contributed by atoms with Gasteiger partial charge < -0.3 is 5.32 Å². The zero-order valence-electron chi connectivity index (χ0n) is 15.9. The van der Waals surface area contributed by atoms with E-state index in [1.54, 1.807) is 16.9 Å². The Morgan fingerprint density at radius 1 is 1.18 bits per heavy atom. The summed E-state index contributed by atoms with van der Waals surface area (Å²) in [6.07, 6.45) is 3.26. The summed E-state index contributed by atoms with van der Waals surface area (Å²) in [5.41, 5.74) is 3.72. The zero-order valence-corrected chi connectivity index (χ0v) is 15.9. The monoisotopic (exact) mass is 376 g/mol. The molecule has 8 heteroatoms. The second kappa shape index (κ2) is 6.88. The normalized spacial score (nSPS) is 11.2. The van der Waals surface area contributed by atoms with Crippen molar-refractivity contribution in [1.82, 2.24) is 24.3 Å². The predicted molar refractivity (Wildman–Crippen MR) is 107 cm³/mol. The first-order chi connectivity index (χ1) is 13.4. The molecule has 1 amide bonds. The minimum Gasteiger partial charge on any atom is -0.325 e. The average molecular weight is 376 g/mol. The lowest BCUT2D eigenvalue weighted by Gasteiger charge is -2.08. The van der Waals surface area contributed by atoms with Crippen molar-refractivity contribution in [2.75, 3.05) is 5.32 Å². The molecular weight excluding hydrogens is 356 g/mol. The molecule has 0 spiro atoms. The fourth-order valence-electron chi connectivity index (χ4n) is 3.32. The first kappa shape index (κ1) is 17.8. The topological polar surface area (TPSA) is 94.7 Å². The van der Waals surface area contributed by atoms with Gasteiger partial charge in [-0.05, 0) is 31.5 Å². The smallest absolute Gasteiger partial charge is 0.261 e. The summed E-state index contributed by atoms with van der Waals surface area (Å²) in [7, 11) is 1.83. The molecule has 3 heterocycles. The number of carbonyl (C=O) groups is 1. The number of benzene rings is 1. The molecule has 4 aromatic rings. The predicted octanol–water partition coefficient (Wildman–Crippen LogP) is 2.32. The lowest BCUT2D eigenvalue weighted by molar-refractivity contribution is -0.116. The number of nitrogens with one attached hydrogen (secondary N) is 1. The third-order valence-corrected chi connectivity index (χ3v) is 4.78. The van der Waals surface area contributed by atoms with Crippen molar-refractivity contribution in [2.45, 2.75) is 26.8 Å². The Kier molecular flexibility index (Phi) is 4.38. The van der Waals surface area contributed by atoms with Crippen LogP contribution in [0.15, 0.2) is 41.6 Å². The van der Waals surface area contributed by atoms with E-state index in [0.717, 1.165) is 22.3 Å². The van der Waals surface area contributed by atoms with Crippen LogP contribution in [0, 0.1) is 13.8 Å². The minimum absolute atomic E-state index is 0.143. The standard InChI is InChI=1S/C20H20N6O2/c1-12-5-4-6-15-18(12)22-11-26(20(15)28)8-7-17(27)23-14-9-16-13(2)24-25(3)19(16)21-10-14/h4-6,9-11H,7-8H2,1-3H3,(H,23,27). The number of rotatable bonds is 4. The molecular formula is C20H20N6O2. The number of nitrogens with zero attached hydrogens (tertiary/aromatic N) is 5. The van der Waals surface area contributed by atoms with Crippen molar-refractivity contribution in [1.29, 1.82) is 0 Å². The van der Waals surface area contributed by atoms with Gasteiger partial charge in [0.25, 0.3) is 5.56 Å². The van der Waals surface area contributed by atoms with E-state index in [2.05, 4.69) is 20.4 Å². The van der Waals surface area contributed by atoms with E-state index in [0.29, 0.717) is 16.6 Å². The first-order valence-corrected chi connectivity index (χ1v) is 8.98. The highest BCUT2D eigenvalue weighted by Gasteiger charge is 2.11. The summed E-state index contributed by atoms with van der Waals surface area (Å²) in [6, 6.07) is 7.36. The number of hydrogen-bond donors (Lipinski definition) is 1. The molecule has 142 valence electrons. The van der Waals surface area contributed by atoms with E-state index in [4.69, 9.17) is 0 Å². The second-order valence-corrected chi connectivity index (χ2v) is 6.82. The Balaban J connectivity index is 1.49. The number of para-hydroxylation sites is 1. The Hall–Kier alpha value is -3.55. The third kappa shape index (κ3) is 3.13. The fraction of sp³-hybridized carbons (Fsp3) is 0.250. The second-order valence-electron chi connectivity index (χ2n) is 6.82. The maximum Gasteiger partial charge on any atom is 0.261 e. The Morgan fingerprint density at radius 3 is 2.82 bits per heavy atom. The van der Waals surface area contributed by atoms with Gasteiger partial charge in [0.1, 0.15) is 0 Å².